The molecule has 2 nitrogen and oxygen atoms in total. The lowest BCUT2D eigenvalue weighted by Gasteiger charge is -2.11. The third kappa shape index (κ3) is 2.72. The molecule has 114 valence electrons. The Morgan fingerprint density at radius 3 is 2.43 bits per heavy atom. The largest absolute Gasteiger partial charge is 0.478 e. The highest BCUT2D eigenvalue weighted by atomic mass is 19.1. The zero-order chi connectivity index (χ0) is 16.6. The van der Waals surface area contributed by atoms with Crippen LogP contribution < -0.4 is 0 Å². The summed E-state index contributed by atoms with van der Waals surface area (Å²) >= 11 is 0. The molecule has 0 heterocycles. The number of rotatable bonds is 2. The van der Waals surface area contributed by atoms with E-state index in [-0.39, 0.29) is 16.7 Å². The molecule has 4 heteroatoms. The van der Waals surface area contributed by atoms with Gasteiger partial charge in [-0.2, -0.15) is 0 Å². The van der Waals surface area contributed by atoms with Crippen molar-refractivity contribution in [2.75, 3.05) is 0 Å². The summed E-state index contributed by atoms with van der Waals surface area (Å²) in [6, 6.07) is 8.11. The van der Waals surface area contributed by atoms with Gasteiger partial charge in [0.2, 0.25) is 0 Å². The van der Waals surface area contributed by atoms with Crippen molar-refractivity contribution in [2.45, 2.75) is 6.92 Å². The van der Waals surface area contributed by atoms with Crippen molar-refractivity contribution in [3.05, 3.63) is 87.7 Å². The van der Waals surface area contributed by atoms with Gasteiger partial charge in [-0.15, -0.1) is 5.73 Å². The third-order valence-corrected chi connectivity index (χ3v) is 3.62. The summed E-state index contributed by atoms with van der Waals surface area (Å²) in [5.41, 5.74) is 4.82. The lowest BCUT2D eigenvalue weighted by molar-refractivity contribution is 0.0697. The van der Waals surface area contributed by atoms with Crippen LogP contribution in [0, 0.1) is 11.6 Å². The first kappa shape index (κ1) is 14.9. The highest BCUT2D eigenvalue weighted by Crippen LogP contribution is 2.33. The molecular weight excluding hydrogens is 298 g/mol. The smallest absolute Gasteiger partial charge is 0.335 e. The summed E-state index contributed by atoms with van der Waals surface area (Å²) in [5, 5.41) is 9.17. The highest BCUT2D eigenvalue weighted by Gasteiger charge is 2.19. The standard InChI is InChI=1S/C19H12F2O2/c1-11-5-6-12-7-8-13(19(22)23)10-14(12)15(9-11)18-16(20)3-2-4-17(18)21/h2-8,10H,1H3,(H,22,23). The Bertz CT molecular complexity index is 897. The Morgan fingerprint density at radius 2 is 1.78 bits per heavy atom. The van der Waals surface area contributed by atoms with E-state index in [0.29, 0.717) is 16.7 Å². The third-order valence-electron chi connectivity index (χ3n) is 3.62. The van der Waals surface area contributed by atoms with Gasteiger partial charge in [-0.1, -0.05) is 24.3 Å². The maximum atomic E-state index is 14.2. The van der Waals surface area contributed by atoms with Gasteiger partial charge in [0.1, 0.15) is 11.6 Å². The quantitative estimate of drug-likeness (QED) is 0.819. The second kappa shape index (κ2) is 5.67. The van der Waals surface area contributed by atoms with Crippen molar-refractivity contribution in [1.29, 1.82) is 0 Å². The minimum absolute atomic E-state index is 0.0488. The number of halogens is 2. The van der Waals surface area contributed by atoms with Gasteiger partial charge in [0, 0.05) is 5.57 Å². The van der Waals surface area contributed by atoms with Crippen molar-refractivity contribution >= 4 is 17.6 Å². The molecule has 3 rings (SSSR count). The fourth-order valence-electron chi connectivity index (χ4n) is 2.51. The SMILES string of the molecule is CC1=C=C(c2c(F)cccc2F)c2cc(C(=O)O)ccc2C=C1. The predicted molar refractivity (Wildman–Crippen MR) is 84.0 cm³/mol. The van der Waals surface area contributed by atoms with E-state index >= 15 is 0 Å². The van der Waals surface area contributed by atoms with Crippen molar-refractivity contribution in [3.8, 4) is 0 Å². The van der Waals surface area contributed by atoms with E-state index in [0.717, 1.165) is 0 Å². The fraction of sp³-hybridized carbons (Fsp3) is 0.0526. The first-order valence-electron chi connectivity index (χ1n) is 6.95. The molecule has 1 aliphatic carbocycles. The predicted octanol–water partition coefficient (Wildman–Crippen LogP) is 4.67. The highest BCUT2D eigenvalue weighted by molar-refractivity contribution is 5.93. The molecular formula is C19H12F2O2. The van der Waals surface area contributed by atoms with Crippen molar-refractivity contribution in [1.82, 2.24) is 0 Å². The van der Waals surface area contributed by atoms with Crippen molar-refractivity contribution in [2.24, 2.45) is 0 Å². The summed E-state index contributed by atoms with van der Waals surface area (Å²) < 4.78 is 28.4. The number of carboxylic acids is 1. The molecule has 0 radical (unpaired) electrons. The summed E-state index contributed by atoms with van der Waals surface area (Å²) in [7, 11) is 0. The summed E-state index contributed by atoms with van der Waals surface area (Å²) in [5.74, 6) is -2.53. The molecule has 0 aromatic heterocycles. The molecule has 23 heavy (non-hydrogen) atoms. The number of hydrogen-bond acceptors (Lipinski definition) is 1. The number of allylic oxidation sites excluding steroid dienone is 2. The topological polar surface area (TPSA) is 37.3 Å². The van der Waals surface area contributed by atoms with E-state index in [2.05, 4.69) is 5.73 Å². The van der Waals surface area contributed by atoms with Gasteiger partial charge < -0.3 is 5.11 Å². The Hall–Kier alpha value is -2.97. The Balaban J connectivity index is 2.36. The molecule has 0 aliphatic heterocycles. The molecule has 0 spiro atoms. The van der Waals surface area contributed by atoms with Crippen LogP contribution in [0.3, 0.4) is 0 Å². The van der Waals surface area contributed by atoms with E-state index in [4.69, 9.17) is 0 Å². The number of carbonyl (C=O) groups is 1. The number of fused-ring (bicyclic) bond motifs is 1. The van der Waals surface area contributed by atoms with E-state index < -0.39 is 17.6 Å². The van der Waals surface area contributed by atoms with Crippen LogP contribution in [0.1, 0.15) is 34.0 Å². The van der Waals surface area contributed by atoms with E-state index in [1.807, 2.05) is 0 Å². The zero-order valence-corrected chi connectivity index (χ0v) is 12.2. The van der Waals surface area contributed by atoms with Crippen LogP contribution >= 0.6 is 0 Å². The van der Waals surface area contributed by atoms with E-state index in [9.17, 15) is 18.7 Å². The maximum Gasteiger partial charge on any atom is 0.335 e. The number of benzene rings is 2. The number of carboxylic acid groups (broad SMARTS) is 1. The summed E-state index contributed by atoms with van der Waals surface area (Å²) in [4.78, 5) is 11.2. The molecule has 0 fully saturated rings. The van der Waals surface area contributed by atoms with Gasteiger partial charge in [-0.25, -0.2) is 13.6 Å². The molecule has 0 saturated heterocycles. The first-order chi connectivity index (χ1) is 11.0. The zero-order valence-electron chi connectivity index (χ0n) is 12.2. The maximum absolute atomic E-state index is 14.2. The Labute approximate surface area is 131 Å². The second-order valence-electron chi connectivity index (χ2n) is 5.22. The molecule has 0 unspecified atom stereocenters. The lowest BCUT2D eigenvalue weighted by atomic mass is 9.92. The minimum Gasteiger partial charge on any atom is -0.478 e. The Kier molecular flexibility index (Phi) is 3.68. The average molecular weight is 310 g/mol. The fourth-order valence-corrected chi connectivity index (χ4v) is 2.51. The second-order valence-corrected chi connectivity index (χ2v) is 5.22. The molecule has 2 aromatic carbocycles. The van der Waals surface area contributed by atoms with Gasteiger partial charge in [0.25, 0.3) is 0 Å². The van der Waals surface area contributed by atoms with Gasteiger partial charge in [-0.3, -0.25) is 0 Å². The summed E-state index contributed by atoms with van der Waals surface area (Å²) in [6.45, 7) is 1.76. The van der Waals surface area contributed by atoms with Gasteiger partial charge in [-0.05, 0) is 47.9 Å². The first-order valence-corrected chi connectivity index (χ1v) is 6.95. The molecule has 0 bridgehead atoms. The van der Waals surface area contributed by atoms with Crippen molar-refractivity contribution in [3.63, 3.8) is 0 Å². The average Bonchev–Trinajstić information content (AvgIpc) is 2.66. The molecule has 0 atom stereocenters. The molecule has 2 aromatic rings. The van der Waals surface area contributed by atoms with E-state index in [1.165, 1.54) is 30.3 Å². The molecule has 1 N–H and O–H groups in total. The van der Waals surface area contributed by atoms with Crippen LogP contribution in [0.25, 0.3) is 11.6 Å². The van der Waals surface area contributed by atoms with Crippen LogP contribution in [0.15, 0.2) is 53.8 Å². The monoisotopic (exact) mass is 310 g/mol. The van der Waals surface area contributed by atoms with E-state index in [1.54, 1.807) is 25.1 Å². The van der Waals surface area contributed by atoms with Crippen LogP contribution in [0.5, 0.6) is 0 Å². The van der Waals surface area contributed by atoms with Gasteiger partial charge in [0.15, 0.2) is 0 Å². The molecule has 1 aliphatic rings. The number of aromatic carboxylic acids is 1. The normalized spacial score (nSPS) is 13.0. The van der Waals surface area contributed by atoms with Gasteiger partial charge >= 0.3 is 5.97 Å². The Morgan fingerprint density at radius 1 is 1.09 bits per heavy atom. The lowest BCUT2D eigenvalue weighted by Crippen LogP contribution is -2.01. The van der Waals surface area contributed by atoms with Crippen molar-refractivity contribution < 1.29 is 18.7 Å². The van der Waals surface area contributed by atoms with Crippen LogP contribution in [0.2, 0.25) is 0 Å². The molecule has 0 saturated carbocycles. The summed E-state index contributed by atoms with van der Waals surface area (Å²) in [6.07, 6.45) is 3.54. The van der Waals surface area contributed by atoms with Crippen LogP contribution in [-0.2, 0) is 0 Å². The van der Waals surface area contributed by atoms with Gasteiger partial charge in [0.05, 0.1) is 11.1 Å². The number of hydrogen-bond donors (Lipinski definition) is 1. The van der Waals surface area contributed by atoms with Crippen LogP contribution in [0.4, 0.5) is 8.78 Å². The van der Waals surface area contributed by atoms with Crippen LogP contribution in [-0.4, -0.2) is 11.1 Å². The molecule has 0 amide bonds. The minimum atomic E-state index is -1.10.